The molecule has 2 heterocycles. The number of aromatic nitrogens is 3. The molecule has 0 spiro atoms. The predicted molar refractivity (Wildman–Crippen MR) is 97.6 cm³/mol. The van der Waals surface area contributed by atoms with E-state index in [2.05, 4.69) is 20.3 Å². The van der Waals surface area contributed by atoms with Crippen LogP contribution in [-0.4, -0.2) is 61.8 Å². The van der Waals surface area contributed by atoms with Crippen molar-refractivity contribution in [3.63, 3.8) is 0 Å². The van der Waals surface area contributed by atoms with Crippen LogP contribution in [0.4, 0.5) is 0 Å². The number of nitrogens with zero attached hydrogens (tertiary/aromatic N) is 4. The fraction of sp³-hybridized carbons (Fsp3) is 0.474. The highest BCUT2D eigenvalue weighted by atomic mass is 16.4. The molecule has 0 bridgehead atoms. The summed E-state index contributed by atoms with van der Waals surface area (Å²) in [5, 5.41) is 16.4. The van der Waals surface area contributed by atoms with Gasteiger partial charge in [-0.25, -0.2) is 4.68 Å². The molecule has 8 heteroatoms. The van der Waals surface area contributed by atoms with Gasteiger partial charge < -0.3 is 10.4 Å². The number of pyridine rings is 1. The molecule has 0 atom stereocenters. The van der Waals surface area contributed by atoms with E-state index in [1.54, 1.807) is 29.5 Å². The maximum absolute atomic E-state index is 12.4. The molecule has 0 aliphatic heterocycles. The van der Waals surface area contributed by atoms with Crippen LogP contribution in [0.3, 0.4) is 0 Å². The molecule has 27 heavy (non-hydrogen) atoms. The van der Waals surface area contributed by atoms with Crippen LogP contribution in [-0.2, 0) is 4.79 Å². The minimum atomic E-state index is -0.786. The molecular weight excluding hydrogens is 346 g/mol. The van der Waals surface area contributed by atoms with Gasteiger partial charge in [0.2, 0.25) is 0 Å². The Labute approximate surface area is 157 Å². The molecular formula is C19H23N5O3. The van der Waals surface area contributed by atoms with Gasteiger partial charge in [-0.15, -0.1) is 0 Å². The third kappa shape index (κ3) is 4.33. The van der Waals surface area contributed by atoms with Crippen LogP contribution in [0.5, 0.6) is 0 Å². The summed E-state index contributed by atoms with van der Waals surface area (Å²) in [6.45, 7) is 0.940. The Balaban J connectivity index is 1.30. The van der Waals surface area contributed by atoms with E-state index in [4.69, 9.17) is 5.11 Å². The Kier molecular flexibility index (Phi) is 4.89. The van der Waals surface area contributed by atoms with Crippen molar-refractivity contribution in [3.8, 4) is 5.69 Å². The molecule has 2 aromatic heterocycles. The van der Waals surface area contributed by atoms with Gasteiger partial charge in [0.25, 0.3) is 5.91 Å². The Hall–Kier alpha value is -2.74. The van der Waals surface area contributed by atoms with Crippen molar-refractivity contribution in [1.82, 2.24) is 25.0 Å². The molecule has 0 unspecified atom stereocenters. The molecule has 4 rings (SSSR count). The maximum atomic E-state index is 12.4. The van der Waals surface area contributed by atoms with Crippen LogP contribution in [0.15, 0.2) is 36.9 Å². The molecule has 142 valence electrons. The maximum Gasteiger partial charge on any atom is 0.317 e. The fourth-order valence-electron chi connectivity index (χ4n) is 3.49. The lowest BCUT2D eigenvalue weighted by Crippen LogP contribution is -2.55. The van der Waals surface area contributed by atoms with Crippen molar-refractivity contribution in [2.24, 2.45) is 5.92 Å². The second-order valence-electron chi connectivity index (χ2n) is 7.45. The summed E-state index contributed by atoms with van der Waals surface area (Å²) in [6.07, 6.45) is 10.6. The number of carboxylic acid groups (broad SMARTS) is 1. The Morgan fingerprint density at radius 1 is 1.30 bits per heavy atom. The summed E-state index contributed by atoms with van der Waals surface area (Å²) in [5.74, 6) is -0.289. The SMILES string of the molecule is O=C(O)CN(CC1CC1)C1CC(NC(=O)c2cnn(-c3cccnc3)c2)C1. The zero-order chi connectivity index (χ0) is 18.8. The average Bonchev–Trinajstić information content (AvgIpc) is 3.29. The first-order valence-electron chi connectivity index (χ1n) is 9.30. The van der Waals surface area contributed by atoms with E-state index in [1.807, 2.05) is 12.1 Å². The minimum Gasteiger partial charge on any atom is -0.480 e. The predicted octanol–water partition coefficient (Wildman–Crippen LogP) is 1.32. The van der Waals surface area contributed by atoms with Gasteiger partial charge in [0, 0.05) is 31.0 Å². The average molecular weight is 369 g/mol. The van der Waals surface area contributed by atoms with Crippen LogP contribution in [0.2, 0.25) is 0 Å². The van der Waals surface area contributed by atoms with E-state index < -0.39 is 5.97 Å². The first-order valence-corrected chi connectivity index (χ1v) is 9.30. The van der Waals surface area contributed by atoms with Crippen molar-refractivity contribution in [2.45, 2.75) is 37.8 Å². The molecule has 0 aromatic carbocycles. The van der Waals surface area contributed by atoms with Crippen LogP contribution in [0.1, 0.15) is 36.0 Å². The molecule has 0 radical (unpaired) electrons. The summed E-state index contributed by atoms with van der Waals surface area (Å²) in [6, 6.07) is 4.01. The molecule has 2 aliphatic carbocycles. The van der Waals surface area contributed by atoms with Crippen molar-refractivity contribution < 1.29 is 14.7 Å². The highest BCUT2D eigenvalue weighted by molar-refractivity contribution is 5.94. The lowest BCUT2D eigenvalue weighted by atomic mass is 9.85. The standard InChI is InChI=1S/C19H23N5O3/c25-18(26)12-23(10-13-3-4-13)17-6-15(7-17)22-19(27)14-8-21-24(11-14)16-2-1-5-20-9-16/h1-2,5,8-9,11,13,15,17H,3-4,6-7,10,12H2,(H,22,27)(H,25,26). The summed E-state index contributed by atoms with van der Waals surface area (Å²) in [7, 11) is 0. The lowest BCUT2D eigenvalue weighted by Gasteiger charge is -2.42. The smallest absolute Gasteiger partial charge is 0.317 e. The van der Waals surface area contributed by atoms with Crippen molar-refractivity contribution >= 4 is 11.9 Å². The highest BCUT2D eigenvalue weighted by Crippen LogP contribution is 2.33. The molecule has 2 aromatic rings. The van der Waals surface area contributed by atoms with Gasteiger partial charge in [-0.1, -0.05) is 0 Å². The minimum absolute atomic E-state index is 0.0831. The van der Waals surface area contributed by atoms with E-state index in [9.17, 15) is 9.59 Å². The van der Waals surface area contributed by atoms with Gasteiger partial charge in [-0.3, -0.25) is 19.5 Å². The number of carbonyl (C=O) groups is 2. The van der Waals surface area contributed by atoms with Gasteiger partial charge in [-0.2, -0.15) is 5.10 Å². The number of carbonyl (C=O) groups excluding carboxylic acids is 1. The van der Waals surface area contributed by atoms with Gasteiger partial charge >= 0.3 is 5.97 Å². The molecule has 2 fully saturated rings. The number of carboxylic acids is 1. The third-order valence-corrected chi connectivity index (χ3v) is 5.25. The van der Waals surface area contributed by atoms with Crippen LogP contribution in [0.25, 0.3) is 5.69 Å². The highest BCUT2D eigenvalue weighted by Gasteiger charge is 2.37. The van der Waals surface area contributed by atoms with E-state index in [-0.39, 0.29) is 24.5 Å². The Morgan fingerprint density at radius 2 is 2.11 bits per heavy atom. The van der Waals surface area contributed by atoms with E-state index in [0.717, 1.165) is 25.1 Å². The monoisotopic (exact) mass is 369 g/mol. The number of rotatable bonds is 8. The number of nitrogens with one attached hydrogen (secondary N) is 1. The summed E-state index contributed by atoms with van der Waals surface area (Å²) >= 11 is 0. The summed E-state index contributed by atoms with van der Waals surface area (Å²) in [5.41, 5.74) is 1.30. The molecule has 2 N–H and O–H groups in total. The number of hydrogen-bond donors (Lipinski definition) is 2. The topological polar surface area (TPSA) is 100 Å². The van der Waals surface area contributed by atoms with Crippen molar-refractivity contribution in [1.29, 1.82) is 0 Å². The first kappa shape index (κ1) is 17.7. The zero-order valence-electron chi connectivity index (χ0n) is 15.0. The zero-order valence-corrected chi connectivity index (χ0v) is 15.0. The Bertz CT molecular complexity index is 812. The fourth-order valence-corrected chi connectivity index (χ4v) is 3.49. The van der Waals surface area contributed by atoms with E-state index in [0.29, 0.717) is 11.5 Å². The van der Waals surface area contributed by atoms with Crippen LogP contribution >= 0.6 is 0 Å². The van der Waals surface area contributed by atoms with Gasteiger partial charge in [0.1, 0.15) is 0 Å². The number of amides is 1. The van der Waals surface area contributed by atoms with E-state index in [1.165, 1.54) is 12.8 Å². The molecule has 8 nitrogen and oxygen atoms in total. The normalized spacial score (nSPS) is 21.7. The molecule has 2 aliphatic rings. The van der Waals surface area contributed by atoms with Crippen LogP contribution < -0.4 is 5.32 Å². The lowest BCUT2D eigenvalue weighted by molar-refractivity contribution is -0.139. The second kappa shape index (κ2) is 7.48. The van der Waals surface area contributed by atoms with Crippen molar-refractivity contribution in [2.75, 3.05) is 13.1 Å². The van der Waals surface area contributed by atoms with Crippen LogP contribution in [0, 0.1) is 5.92 Å². The number of hydrogen-bond acceptors (Lipinski definition) is 5. The Morgan fingerprint density at radius 3 is 2.78 bits per heavy atom. The number of aliphatic carboxylic acids is 1. The molecule has 1 amide bonds. The molecule has 2 saturated carbocycles. The second-order valence-corrected chi connectivity index (χ2v) is 7.45. The third-order valence-electron chi connectivity index (χ3n) is 5.25. The largest absolute Gasteiger partial charge is 0.480 e. The first-order chi connectivity index (χ1) is 13.1. The summed E-state index contributed by atoms with van der Waals surface area (Å²) < 4.78 is 1.62. The van der Waals surface area contributed by atoms with Gasteiger partial charge in [0.15, 0.2) is 0 Å². The van der Waals surface area contributed by atoms with Crippen molar-refractivity contribution in [3.05, 3.63) is 42.5 Å². The summed E-state index contributed by atoms with van der Waals surface area (Å²) in [4.78, 5) is 29.6. The van der Waals surface area contributed by atoms with Gasteiger partial charge in [-0.05, 0) is 43.7 Å². The quantitative estimate of drug-likeness (QED) is 0.728. The van der Waals surface area contributed by atoms with Gasteiger partial charge in [0.05, 0.1) is 30.2 Å². The molecule has 0 saturated heterocycles. The van der Waals surface area contributed by atoms with E-state index >= 15 is 0 Å².